The summed E-state index contributed by atoms with van der Waals surface area (Å²) in [5.41, 5.74) is 5.91. The highest BCUT2D eigenvalue weighted by atomic mass is 32.1. The van der Waals surface area contributed by atoms with Crippen molar-refractivity contribution in [2.75, 3.05) is 44.2 Å². The Morgan fingerprint density at radius 2 is 1.55 bits per heavy atom. The number of hydrogen-bond donors (Lipinski definition) is 1. The molecule has 0 spiro atoms. The van der Waals surface area contributed by atoms with Crippen LogP contribution >= 0.6 is 11.3 Å². The van der Waals surface area contributed by atoms with Crippen LogP contribution in [0.15, 0.2) is 23.6 Å². The van der Waals surface area contributed by atoms with E-state index in [2.05, 4.69) is 61.1 Å². The minimum Gasteiger partial charge on any atom is -0.396 e. The van der Waals surface area contributed by atoms with Crippen molar-refractivity contribution in [2.45, 2.75) is 83.5 Å². The second-order valence-corrected chi connectivity index (χ2v) is 12.2. The first-order valence-electron chi connectivity index (χ1n) is 13.0. The molecule has 1 aliphatic heterocycles. The molecule has 0 atom stereocenters. The van der Waals surface area contributed by atoms with Crippen LogP contribution in [-0.2, 0) is 10.8 Å². The number of unbranched alkanes of at least 4 members (excludes halogenated alkanes) is 4. The Labute approximate surface area is 205 Å². The molecule has 4 rings (SSSR count). The van der Waals surface area contributed by atoms with Crippen LogP contribution in [0, 0.1) is 0 Å². The second-order valence-electron chi connectivity index (χ2n) is 11.4. The van der Waals surface area contributed by atoms with Crippen molar-refractivity contribution in [1.82, 2.24) is 9.88 Å². The Morgan fingerprint density at radius 1 is 0.879 bits per heavy atom. The third kappa shape index (κ3) is 5.80. The van der Waals surface area contributed by atoms with E-state index in [1.807, 2.05) is 0 Å². The lowest BCUT2D eigenvalue weighted by atomic mass is 9.63. The quantitative estimate of drug-likeness (QED) is 0.442. The second kappa shape index (κ2) is 10.5. The molecule has 2 aliphatic rings. The number of fused-ring (bicyclic) bond motifs is 1. The first-order chi connectivity index (χ1) is 15.8. The standard InChI is InChI=1S/C28H43N3OS/c1-27(2)12-13-28(3,4)24-20-22(10-11-23(24)27)25-21-33-26(29-25)31-17-15-30(16-18-31)14-8-6-5-7-9-19-32/h10-11,20-21,32H,5-9,12-19H2,1-4H3. The highest BCUT2D eigenvalue weighted by Gasteiger charge is 2.37. The Bertz CT molecular complexity index is 912. The number of piperazine rings is 1. The number of nitrogens with zero attached hydrogens (tertiary/aromatic N) is 3. The van der Waals surface area contributed by atoms with Crippen molar-refractivity contribution in [2.24, 2.45) is 0 Å². The van der Waals surface area contributed by atoms with Gasteiger partial charge in [0, 0.05) is 43.7 Å². The summed E-state index contributed by atoms with van der Waals surface area (Å²) in [7, 11) is 0. The number of benzene rings is 1. The molecule has 1 aliphatic carbocycles. The molecule has 0 amide bonds. The van der Waals surface area contributed by atoms with Crippen molar-refractivity contribution >= 4 is 16.5 Å². The van der Waals surface area contributed by atoms with Gasteiger partial charge < -0.3 is 10.0 Å². The summed E-state index contributed by atoms with van der Waals surface area (Å²) in [6.45, 7) is 15.5. The SMILES string of the molecule is CC1(C)CCC(C)(C)c2cc(-c3csc(N4CCN(CCCCCCCO)CC4)n3)ccc21. The molecule has 0 saturated carbocycles. The van der Waals surface area contributed by atoms with Gasteiger partial charge in [0.2, 0.25) is 0 Å². The zero-order chi connectivity index (χ0) is 23.5. The predicted molar refractivity (Wildman–Crippen MR) is 142 cm³/mol. The Hall–Kier alpha value is -1.43. The van der Waals surface area contributed by atoms with Crippen molar-refractivity contribution in [3.05, 3.63) is 34.7 Å². The van der Waals surface area contributed by atoms with Gasteiger partial charge in [-0.1, -0.05) is 59.1 Å². The summed E-state index contributed by atoms with van der Waals surface area (Å²) in [4.78, 5) is 10.1. The van der Waals surface area contributed by atoms with Crippen LogP contribution in [0.3, 0.4) is 0 Å². The summed E-state index contributed by atoms with van der Waals surface area (Å²) in [6, 6.07) is 7.08. The fraction of sp³-hybridized carbons (Fsp3) is 0.679. The summed E-state index contributed by atoms with van der Waals surface area (Å²) in [6.07, 6.45) is 8.42. The lowest BCUT2D eigenvalue weighted by molar-refractivity contribution is 0.250. The number of aromatic nitrogens is 1. The fourth-order valence-corrected chi connectivity index (χ4v) is 6.32. The van der Waals surface area contributed by atoms with Crippen molar-refractivity contribution in [3.8, 4) is 11.3 Å². The van der Waals surface area contributed by atoms with Crippen LogP contribution in [0.5, 0.6) is 0 Å². The maximum atomic E-state index is 8.88. The maximum Gasteiger partial charge on any atom is 0.185 e. The zero-order valence-corrected chi connectivity index (χ0v) is 22.0. The molecule has 2 aromatic rings. The third-order valence-electron chi connectivity index (χ3n) is 7.92. The molecule has 1 aromatic carbocycles. The van der Waals surface area contributed by atoms with Crippen LogP contribution in [0.2, 0.25) is 0 Å². The van der Waals surface area contributed by atoms with Crippen molar-refractivity contribution in [3.63, 3.8) is 0 Å². The van der Waals surface area contributed by atoms with Gasteiger partial charge >= 0.3 is 0 Å². The van der Waals surface area contributed by atoms with E-state index in [-0.39, 0.29) is 10.8 Å². The average Bonchev–Trinajstić information content (AvgIpc) is 3.30. The van der Waals surface area contributed by atoms with Gasteiger partial charge in [-0.15, -0.1) is 11.3 Å². The van der Waals surface area contributed by atoms with Gasteiger partial charge in [-0.3, -0.25) is 4.90 Å². The number of thiazole rings is 1. The van der Waals surface area contributed by atoms with Crippen molar-refractivity contribution < 1.29 is 5.11 Å². The molecule has 2 heterocycles. The summed E-state index contributed by atoms with van der Waals surface area (Å²) in [5.74, 6) is 0. The summed E-state index contributed by atoms with van der Waals surface area (Å²) >= 11 is 1.79. The molecule has 1 N–H and O–H groups in total. The number of aliphatic hydroxyl groups excluding tert-OH is 1. The van der Waals surface area contributed by atoms with E-state index in [4.69, 9.17) is 10.1 Å². The molecule has 0 radical (unpaired) electrons. The molecule has 1 saturated heterocycles. The first-order valence-corrected chi connectivity index (χ1v) is 13.9. The summed E-state index contributed by atoms with van der Waals surface area (Å²) < 4.78 is 0. The normalized spacial score (nSPS) is 20.1. The number of anilines is 1. The van der Waals surface area contributed by atoms with E-state index in [9.17, 15) is 0 Å². The monoisotopic (exact) mass is 469 g/mol. The molecule has 4 nitrogen and oxygen atoms in total. The van der Waals surface area contributed by atoms with Gasteiger partial charge in [0.15, 0.2) is 5.13 Å². The molecule has 1 fully saturated rings. The molecule has 33 heavy (non-hydrogen) atoms. The largest absolute Gasteiger partial charge is 0.396 e. The number of hydrogen-bond acceptors (Lipinski definition) is 5. The lowest BCUT2D eigenvalue weighted by Crippen LogP contribution is -2.46. The minimum absolute atomic E-state index is 0.231. The lowest BCUT2D eigenvalue weighted by Gasteiger charge is -2.42. The minimum atomic E-state index is 0.231. The third-order valence-corrected chi connectivity index (χ3v) is 8.82. The van der Waals surface area contributed by atoms with Gasteiger partial charge in [-0.25, -0.2) is 4.98 Å². The van der Waals surface area contributed by atoms with Gasteiger partial charge in [-0.2, -0.15) is 0 Å². The van der Waals surface area contributed by atoms with Gasteiger partial charge in [0.1, 0.15) is 0 Å². The van der Waals surface area contributed by atoms with Crippen LogP contribution in [0.4, 0.5) is 5.13 Å². The molecule has 182 valence electrons. The fourth-order valence-electron chi connectivity index (χ4n) is 5.43. The number of aliphatic hydroxyl groups is 1. The smallest absolute Gasteiger partial charge is 0.185 e. The van der Waals surface area contributed by atoms with Crippen LogP contribution < -0.4 is 4.90 Å². The van der Waals surface area contributed by atoms with E-state index in [1.165, 1.54) is 60.5 Å². The van der Waals surface area contributed by atoms with Crippen LogP contribution in [0.1, 0.15) is 83.8 Å². The average molecular weight is 470 g/mol. The topological polar surface area (TPSA) is 39.6 Å². The van der Waals surface area contributed by atoms with E-state index in [0.717, 1.165) is 44.7 Å². The van der Waals surface area contributed by atoms with E-state index >= 15 is 0 Å². The van der Waals surface area contributed by atoms with Gasteiger partial charge in [0.05, 0.1) is 5.69 Å². The van der Waals surface area contributed by atoms with Crippen molar-refractivity contribution in [1.29, 1.82) is 0 Å². The molecule has 5 heteroatoms. The summed E-state index contributed by atoms with van der Waals surface area (Å²) in [5, 5.41) is 12.3. The van der Waals surface area contributed by atoms with Crippen LogP contribution in [-0.4, -0.2) is 54.3 Å². The number of rotatable bonds is 9. The Morgan fingerprint density at radius 3 is 2.27 bits per heavy atom. The highest BCUT2D eigenvalue weighted by Crippen LogP contribution is 2.46. The maximum absolute atomic E-state index is 8.88. The highest BCUT2D eigenvalue weighted by molar-refractivity contribution is 7.14. The van der Waals surface area contributed by atoms with Crippen LogP contribution in [0.25, 0.3) is 11.3 Å². The van der Waals surface area contributed by atoms with Gasteiger partial charge in [-0.05, 0) is 60.3 Å². The molecule has 1 aromatic heterocycles. The molecule has 0 unspecified atom stereocenters. The molecular formula is C28H43N3OS. The van der Waals surface area contributed by atoms with E-state index in [0.29, 0.717) is 6.61 Å². The van der Waals surface area contributed by atoms with E-state index in [1.54, 1.807) is 11.3 Å². The Balaban J connectivity index is 1.35. The Kier molecular flexibility index (Phi) is 7.82. The zero-order valence-electron chi connectivity index (χ0n) is 21.2. The molecule has 0 bridgehead atoms. The van der Waals surface area contributed by atoms with Gasteiger partial charge in [0.25, 0.3) is 0 Å². The first kappa shape index (κ1) is 24.7. The molecular weight excluding hydrogens is 426 g/mol. The van der Waals surface area contributed by atoms with E-state index < -0.39 is 0 Å². The predicted octanol–water partition coefficient (Wildman–Crippen LogP) is 6.22.